The highest BCUT2D eigenvalue weighted by Crippen LogP contribution is 2.18. The van der Waals surface area contributed by atoms with E-state index in [0.717, 1.165) is 62.8 Å². The van der Waals surface area contributed by atoms with Crippen LogP contribution in [0.2, 0.25) is 0 Å². The maximum Gasteiger partial charge on any atom is 0.191 e. The van der Waals surface area contributed by atoms with Crippen molar-refractivity contribution in [1.29, 1.82) is 0 Å². The average Bonchev–Trinajstić information content (AvgIpc) is 3.17. The molecule has 6 nitrogen and oxygen atoms in total. The topological polar surface area (TPSA) is 64.1 Å². The summed E-state index contributed by atoms with van der Waals surface area (Å²) >= 11 is 0. The lowest BCUT2D eigenvalue weighted by Gasteiger charge is -2.13. The number of rotatable bonds is 11. The summed E-state index contributed by atoms with van der Waals surface area (Å²) in [5.74, 6) is 1.72. The first kappa shape index (κ1) is 20.5. The van der Waals surface area contributed by atoms with Crippen molar-refractivity contribution in [3.05, 3.63) is 29.8 Å². The van der Waals surface area contributed by atoms with Crippen LogP contribution in [0.15, 0.2) is 29.3 Å². The van der Waals surface area contributed by atoms with Crippen molar-refractivity contribution in [2.24, 2.45) is 4.99 Å². The summed E-state index contributed by atoms with van der Waals surface area (Å²) in [4.78, 5) is 4.66. The fourth-order valence-corrected chi connectivity index (χ4v) is 2.81. The third-order valence-electron chi connectivity index (χ3n) is 4.11. The minimum Gasteiger partial charge on any atom is -0.494 e. The number of guanidine groups is 1. The highest BCUT2D eigenvalue weighted by atomic mass is 16.5. The van der Waals surface area contributed by atoms with Crippen LogP contribution in [-0.2, 0) is 16.0 Å². The van der Waals surface area contributed by atoms with Gasteiger partial charge in [-0.15, -0.1) is 0 Å². The van der Waals surface area contributed by atoms with Crippen molar-refractivity contribution in [2.45, 2.75) is 45.8 Å². The minimum atomic E-state index is 0.298. The first-order chi connectivity index (χ1) is 12.8. The highest BCUT2D eigenvalue weighted by Gasteiger charge is 2.14. The van der Waals surface area contributed by atoms with E-state index in [4.69, 9.17) is 14.2 Å². The van der Waals surface area contributed by atoms with Crippen molar-refractivity contribution in [3.63, 3.8) is 0 Å². The van der Waals surface area contributed by atoms with Gasteiger partial charge in [0.2, 0.25) is 0 Å². The Bertz CT molecular complexity index is 531. The Morgan fingerprint density at radius 3 is 2.92 bits per heavy atom. The number of aliphatic imine (C=N–C) groups is 1. The summed E-state index contributed by atoms with van der Waals surface area (Å²) in [7, 11) is 0. The maximum atomic E-state index is 5.69. The van der Waals surface area contributed by atoms with Crippen LogP contribution >= 0.6 is 0 Å². The third kappa shape index (κ3) is 7.62. The molecular formula is C20H33N3O3. The second kappa shape index (κ2) is 12.5. The Morgan fingerprint density at radius 1 is 1.27 bits per heavy atom. The van der Waals surface area contributed by atoms with Gasteiger partial charge >= 0.3 is 0 Å². The van der Waals surface area contributed by atoms with Crippen LogP contribution in [0.3, 0.4) is 0 Å². The quantitative estimate of drug-likeness (QED) is 0.360. The molecule has 6 heteroatoms. The first-order valence-electron chi connectivity index (χ1n) is 9.75. The lowest BCUT2D eigenvalue weighted by molar-refractivity contribution is 0.0168. The van der Waals surface area contributed by atoms with Gasteiger partial charge in [0, 0.05) is 31.9 Å². The van der Waals surface area contributed by atoms with Gasteiger partial charge in [0.15, 0.2) is 5.96 Å². The molecule has 146 valence electrons. The SMILES string of the molecule is CCNC(=NCc1ccccc1OCC)NCCCOCC1CCCO1. The molecule has 1 aromatic rings. The van der Waals surface area contributed by atoms with Crippen LogP contribution in [0.4, 0.5) is 0 Å². The van der Waals surface area contributed by atoms with Gasteiger partial charge in [-0.2, -0.15) is 0 Å². The number of benzene rings is 1. The summed E-state index contributed by atoms with van der Waals surface area (Å²) in [6.45, 7) is 9.28. The van der Waals surface area contributed by atoms with Gasteiger partial charge < -0.3 is 24.8 Å². The zero-order valence-electron chi connectivity index (χ0n) is 16.1. The van der Waals surface area contributed by atoms with E-state index in [2.05, 4.69) is 28.6 Å². The molecule has 1 aromatic carbocycles. The highest BCUT2D eigenvalue weighted by molar-refractivity contribution is 5.79. The summed E-state index contributed by atoms with van der Waals surface area (Å²) < 4.78 is 16.9. The van der Waals surface area contributed by atoms with Gasteiger partial charge in [0.25, 0.3) is 0 Å². The van der Waals surface area contributed by atoms with E-state index in [1.165, 1.54) is 0 Å². The molecule has 26 heavy (non-hydrogen) atoms. The Morgan fingerprint density at radius 2 is 2.15 bits per heavy atom. The molecule has 1 fully saturated rings. The van der Waals surface area contributed by atoms with Crippen molar-refractivity contribution in [3.8, 4) is 5.75 Å². The van der Waals surface area contributed by atoms with Crippen molar-refractivity contribution >= 4 is 5.96 Å². The molecule has 0 amide bonds. The lowest BCUT2D eigenvalue weighted by atomic mass is 10.2. The summed E-state index contributed by atoms with van der Waals surface area (Å²) in [5, 5.41) is 6.63. The van der Waals surface area contributed by atoms with Crippen LogP contribution in [0.5, 0.6) is 5.75 Å². The summed E-state index contributed by atoms with van der Waals surface area (Å²) in [6.07, 6.45) is 3.52. The molecule has 0 aromatic heterocycles. The number of hydrogen-bond acceptors (Lipinski definition) is 4. The van der Waals surface area contributed by atoms with E-state index in [0.29, 0.717) is 25.9 Å². The van der Waals surface area contributed by atoms with Gasteiger partial charge in [-0.25, -0.2) is 4.99 Å². The normalized spacial score (nSPS) is 17.3. The Balaban J connectivity index is 1.70. The predicted molar refractivity (Wildman–Crippen MR) is 105 cm³/mol. The zero-order valence-corrected chi connectivity index (χ0v) is 16.1. The first-order valence-corrected chi connectivity index (χ1v) is 9.75. The second-order valence-corrected chi connectivity index (χ2v) is 6.23. The number of hydrogen-bond donors (Lipinski definition) is 2. The van der Waals surface area contributed by atoms with E-state index in [9.17, 15) is 0 Å². The van der Waals surface area contributed by atoms with Gasteiger partial charge in [-0.1, -0.05) is 18.2 Å². The minimum absolute atomic E-state index is 0.298. The molecule has 1 unspecified atom stereocenters. The molecule has 0 radical (unpaired) electrons. The number of nitrogens with zero attached hydrogens (tertiary/aromatic N) is 1. The molecule has 0 bridgehead atoms. The molecule has 1 atom stereocenters. The second-order valence-electron chi connectivity index (χ2n) is 6.23. The van der Waals surface area contributed by atoms with Crippen molar-refractivity contribution in [2.75, 3.05) is 39.5 Å². The maximum absolute atomic E-state index is 5.69. The Hall–Kier alpha value is -1.79. The Labute approximate surface area is 157 Å². The van der Waals surface area contributed by atoms with E-state index < -0.39 is 0 Å². The monoisotopic (exact) mass is 363 g/mol. The van der Waals surface area contributed by atoms with Crippen LogP contribution in [0, 0.1) is 0 Å². The largest absolute Gasteiger partial charge is 0.494 e. The number of nitrogens with one attached hydrogen (secondary N) is 2. The average molecular weight is 364 g/mol. The molecule has 1 aliphatic rings. The molecule has 2 rings (SSSR count). The van der Waals surface area contributed by atoms with E-state index in [1.807, 2.05) is 25.1 Å². The smallest absolute Gasteiger partial charge is 0.191 e. The van der Waals surface area contributed by atoms with Crippen LogP contribution in [0.1, 0.15) is 38.7 Å². The van der Waals surface area contributed by atoms with Gasteiger partial charge in [0.05, 0.1) is 25.9 Å². The van der Waals surface area contributed by atoms with Crippen LogP contribution in [-0.4, -0.2) is 51.6 Å². The van der Waals surface area contributed by atoms with Crippen LogP contribution in [0.25, 0.3) is 0 Å². The molecule has 0 aliphatic carbocycles. The predicted octanol–water partition coefficient (Wildman–Crippen LogP) is 2.73. The number of para-hydroxylation sites is 1. The standard InChI is InChI=1S/C20H33N3O3/c1-3-21-20(22-12-8-13-24-16-18-10-7-14-26-18)23-15-17-9-5-6-11-19(17)25-4-2/h5-6,9,11,18H,3-4,7-8,10,12-16H2,1-2H3,(H2,21,22,23). The molecule has 0 spiro atoms. The Kier molecular flexibility index (Phi) is 9.90. The third-order valence-corrected chi connectivity index (χ3v) is 4.11. The fraction of sp³-hybridized carbons (Fsp3) is 0.650. The molecule has 1 saturated heterocycles. The van der Waals surface area contributed by atoms with Crippen molar-refractivity contribution in [1.82, 2.24) is 10.6 Å². The molecule has 1 aliphatic heterocycles. The summed E-state index contributed by atoms with van der Waals surface area (Å²) in [6, 6.07) is 8.04. The fourth-order valence-electron chi connectivity index (χ4n) is 2.81. The van der Waals surface area contributed by atoms with E-state index in [-0.39, 0.29) is 0 Å². The van der Waals surface area contributed by atoms with E-state index >= 15 is 0 Å². The van der Waals surface area contributed by atoms with Crippen LogP contribution < -0.4 is 15.4 Å². The van der Waals surface area contributed by atoms with Gasteiger partial charge in [-0.3, -0.25) is 0 Å². The van der Waals surface area contributed by atoms with Gasteiger partial charge in [0.1, 0.15) is 5.75 Å². The molecule has 1 heterocycles. The van der Waals surface area contributed by atoms with Gasteiger partial charge in [-0.05, 0) is 39.2 Å². The molecule has 0 saturated carbocycles. The molecular weight excluding hydrogens is 330 g/mol. The molecule has 2 N–H and O–H groups in total. The summed E-state index contributed by atoms with van der Waals surface area (Å²) in [5.41, 5.74) is 1.09. The zero-order chi connectivity index (χ0) is 18.5. The van der Waals surface area contributed by atoms with E-state index in [1.54, 1.807) is 0 Å². The lowest BCUT2D eigenvalue weighted by Crippen LogP contribution is -2.38. The van der Waals surface area contributed by atoms with Crippen molar-refractivity contribution < 1.29 is 14.2 Å². The number of ether oxygens (including phenoxy) is 3.